The topological polar surface area (TPSA) is 119 Å². The van der Waals surface area contributed by atoms with Crippen LogP contribution >= 0.6 is 0 Å². The number of hydroxylamine groups is 1. The van der Waals surface area contributed by atoms with Crippen molar-refractivity contribution in [3.63, 3.8) is 0 Å². The Morgan fingerprint density at radius 1 is 1.35 bits per heavy atom. The number of nitrogens with one attached hydrogen (secondary N) is 4. The Balaban J connectivity index is 1.83. The maximum absolute atomic E-state index is 12.1. The molecule has 2 aromatic rings. The summed E-state index contributed by atoms with van der Waals surface area (Å²) in [4.78, 5) is 30.7. The van der Waals surface area contributed by atoms with Crippen molar-refractivity contribution in [3.8, 4) is 0 Å². The zero-order valence-corrected chi connectivity index (χ0v) is 12.6. The molecule has 122 valence electrons. The molecule has 23 heavy (non-hydrogen) atoms. The van der Waals surface area contributed by atoms with Crippen LogP contribution < -0.4 is 21.7 Å². The van der Waals surface area contributed by atoms with Crippen LogP contribution in [-0.4, -0.2) is 40.2 Å². The molecule has 1 fully saturated rings. The number of amides is 1. The van der Waals surface area contributed by atoms with E-state index in [0.717, 1.165) is 25.9 Å². The second-order valence-corrected chi connectivity index (χ2v) is 5.59. The highest BCUT2D eigenvalue weighted by molar-refractivity contribution is 5.96. The summed E-state index contributed by atoms with van der Waals surface area (Å²) in [5.74, 6) is -0.106. The van der Waals surface area contributed by atoms with Gasteiger partial charge in [0.2, 0.25) is 0 Å². The highest BCUT2D eigenvalue weighted by Gasteiger charge is 2.13. The van der Waals surface area contributed by atoms with E-state index >= 15 is 0 Å². The lowest BCUT2D eigenvalue weighted by atomic mass is 10.1. The number of aromatic amines is 1. The maximum atomic E-state index is 12.1. The highest BCUT2D eigenvalue weighted by atomic mass is 16.5. The lowest BCUT2D eigenvalue weighted by Gasteiger charge is -2.23. The molecule has 0 atom stereocenters. The number of hydrogen-bond acceptors (Lipinski definition) is 6. The molecule has 0 radical (unpaired) electrons. The molecule has 1 aliphatic heterocycles. The molecule has 0 saturated carbocycles. The molecule has 8 heteroatoms. The van der Waals surface area contributed by atoms with Crippen molar-refractivity contribution in [2.45, 2.75) is 25.4 Å². The van der Waals surface area contributed by atoms with Gasteiger partial charge in [0.15, 0.2) is 0 Å². The minimum atomic E-state index is -0.636. The van der Waals surface area contributed by atoms with Gasteiger partial charge in [-0.15, -0.1) is 0 Å². The summed E-state index contributed by atoms with van der Waals surface area (Å²) in [6.07, 6.45) is 2.08. The largest absolute Gasteiger partial charge is 0.317 e. The average molecular weight is 317 g/mol. The smallest absolute Gasteiger partial charge is 0.274 e. The second-order valence-electron chi connectivity index (χ2n) is 5.59. The minimum Gasteiger partial charge on any atom is -0.317 e. The first kappa shape index (κ1) is 15.6. The summed E-state index contributed by atoms with van der Waals surface area (Å²) in [6.45, 7) is 2.43. The van der Waals surface area contributed by atoms with E-state index < -0.39 is 5.91 Å². The number of rotatable bonds is 4. The van der Waals surface area contributed by atoms with Crippen molar-refractivity contribution in [2.75, 3.05) is 13.1 Å². The normalized spacial score (nSPS) is 15.7. The van der Waals surface area contributed by atoms with Crippen molar-refractivity contribution < 1.29 is 10.0 Å². The van der Waals surface area contributed by atoms with Gasteiger partial charge in [-0.25, -0.2) is 10.5 Å². The van der Waals surface area contributed by atoms with E-state index in [1.165, 1.54) is 18.2 Å². The first-order valence-corrected chi connectivity index (χ1v) is 7.59. The Morgan fingerprint density at radius 2 is 2.13 bits per heavy atom. The van der Waals surface area contributed by atoms with Crippen LogP contribution in [0.1, 0.15) is 29.0 Å². The molecule has 1 aromatic heterocycles. The molecule has 1 aromatic carbocycles. The molecule has 8 nitrogen and oxygen atoms in total. The Hall–Kier alpha value is -2.29. The molecule has 0 bridgehead atoms. The van der Waals surface area contributed by atoms with Gasteiger partial charge in [0.25, 0.3) is 11.5 Å². The van der Waals surface area contributed by atoms with Crippen molar-refractivity contribution in [2.24, 2.45) is 0 Å². The zero-order valence-electron chi connectivity index (χ0n) is 12.6. The molecule has 1 amide bonds. The van der Waals surface area contributed by atoms with Crippen LogP contribution in [0.4, 0.5) is 0 Å². The molecular weight excluding hydrogens is 298 g/mol. The van der Waals surface area contributed by atoms with E-state index in [4.69, 9.17) is 5.21 Å². The van der Waals surface area contributed by atoms with Crippen LogP contribution in [0.25, 0.3) is 10.9 Å². The summed E-state index contributed by atoms with van der Waals surface area (Å²) in [6, 6.07) is 4.89. The van der Waals surface area contributed by atoms with Gasteiger partial charge in [0, 0.05) is 11.6 Å². The van der Waals surface area contributed by atoms with Crippen molar-refractivity contribution in [1.29, 1.82) is 0 Å². The summed E-state index contributed by atoms with van der Waals surface area (Å²) in [5, 5.41) is 15.8. The number of fused-ring (bicyclic) bond motifs is 1. The van der Waals surface area contributed by atoms with Crippen LogP contribution in [0.2, 0.25) is 0 Å². The number of aromatic nitrogens is 2. The fraction of sp³-hybridized carbons (Fsp3) is 0.400. The quantitative estimate of drug-likeness (QED) is 0.396. The van der Waals surface area contributed by atoms with Gasteiger partial charge in [-0.3, -0.25) is 14.8 Å². The van der Waals surface area contributed by atoms with Crippen molar-refractivity contribution >= 4 is 16.8 Å². The highest BCUT2D eigenvalue weighted by Crippen LogP contribution is 2.11. The zero-order chi connectivity index (χ0) is 16.2. The van der Waals surface area contributed by atoms with E-state index in [1.54, 1.807) is 5.48 Å². The number of carbonyl (C=O) groups excluding carboxylic acids is 1. The summed E-state index contributed by atoms with van der Waals surface area (Å²) >= 11 is 0. The van der Waals surface area contributed by atoms with Gasteiger partial charge < -0.3 is 15.6 Å². The number of piperidine rings is 1. The third-order valence-corrected chi connectivity index (χ3v) is 4.02. The molecule has 0 spiro atoms. The number of nitrogens with zero attached hydrogens (tertiary/aromatic N) is 1. The van der Waals surface area contributed by atoms with E-state index in [9.17, 15) is 9.59 Å². The SMILES string of the molecule is O=C(NO)c1ccc2c(=O)[nH]c(CNC3CCNCC3)nc2c1. The Kier molecular flexibility index (Phi) is 4.65. The van der Waals surface area contributed by atoms with Crippen LogP contribution in [0.5, 0.6) is 0 Å². The standard InChI is InChI=1S/C15H19N5O3/c21-14(20-23)9-1-2-11-12(7-9)18-13(19-15(11)22)8-17-10-3-5-16-6-4-10/h1-2,7,10,16-17,23H,3-6,8H2,(H,20,21)(H,18,19,22). The number of hydrogen-bond donors (Lipinski definition) is 5. The first-order valence-electron chi connectivity index (χ1n) is 7.59. The third-order valence-electron chi connectivity index (χ3n) is 4.02. The first-order chi connectivity index (χ1) is 11.2. The monoisotopic (exact) mass is 317 g/mol. The predicted molar refractivity (Wildman–Crippen MR) is 84.3 cm³/mol. The van der Waals surface area contributed by atoms with Gasteiger partial charge in [-0.1, -0.05) is 0 Å². The van der Waals surface area contributed by atoms with Crippen molar-refractivity contribution in [3.05, 3.63) is 39.9 Å². The fourth-order valence-corrected chi connectivity index (χ4v) is 2.74. The fourth-order valence-electron chi connectivity index (χ4n) is 2.74. The number of benzene rings is 1. The molecule has 0 aliphatic carbocycles. The van der Waals surface area contributed by atoms with Gasteiger partial charge >= 0.3 is 0 Å². The van der Waals surface area contributed by atoms with Gasteiger partial charge in [-0.2, -0.15) is 0 Å². The van der Waals surface area contributed by atoms with E-state index in [0.29, 0.717) is 29.3 Å². The van der Waals surface area contributed by atoms with Crippen LogP contribution in [0.15, 0.2) is 23.0 Å². The second kappa shape index (κ2) is 6.86. The molecule has 1 saturated heterocycles. The molecule has 2 heterocycles. The molecule has 5 N–H and O–H groups in total. The molecule has 0 unspecified atom stereocenters. The van der Waals surface area contributed by atoms with Gasteiger partial charge in [-0.05, 0) is 44.1 Å². The van der Waals surface area contributed by atoms with Gasteiger partial charge in [0.05, 0.1) is 17.4 Å². The summed E-state index contributed by atoms with van der Waals surface area (Å²) in [7, 11) is 0. The van der Waals surface area contributed by atoms with Crippen molar-refractivity contribution in [1.82, 2.24) is 26.1 Å². The summed E-state index contributed by atoms with van der Waals surface area (Å²) < 4.78 is 0. The van der Waals surface area contributed by atoms with Gasteiger partial charge in [0.1, 0.15) is 5.82 Å². The van der Waals surface area contributed by atoms with E-state index in [1.807, 2.05) is 0 Å². The lowest BCUT2D eigenvalue weighted by Crippen LogP contribution is -2.40. The van der Waals surface area contributed by atoms with Crippen LogP contribution in [-0.2, 0) is 6.54 Å². The van der Waals surface area contributed by atoms with E-state index in [-0.39, 0.29) is 11.1 Å². The van der Waals surface area contributed by atoms with Crippen LogP contribution in [0.3, 0.4) is 0 Å². The molecule has 3 rings (SSSR count). The molecule has 1 aliphatic rings. The lowest BCUT2D eigenvalue weighted by molar-refractivity contribution is 0.0706. The third kappa shape index (κ3) is 3.55. The number of carbonyl (C=O) groups is 1. The summed E-state index contributed by atoms with van der Waals surface area (Å²) in [5.41, 5.74) is 2.00. The Labute approximate surface area is 132 Å². The Morgan fingerprint density at radius 3 is 2.87 bits per heavy atom. The maximum Gasteiger partial charge on any atom is 0.274 e. The predicted octanol–water partition coefficient (Wildman–Crippen LogP) is -0.116. The number of H-pyrrole nitrogens is 1. The minimum absolute atomic E-state index is 0.243. The van der Waals surface area contributed by atoms with Crippen LogP contribution in [0, 0.1) is 0 Å². The Bertz CT molecular complexity index is 767. The average Bonchev–Trinajstić information content (AvgIpc) is 2.59. The van der Waals surface area contributed by atoms with E-state index in [2.05, 4.69) is 20.6 Å². The molecular formula is C15H19N5O3.